The van der Waals surface area contributed by atoms with Gasteiger partial charge in [0.05, 0.1) is 41.1 Å². The van der Waals surface area contributed by atoms with Crippen molar-refractivity contribution in [2.24, 2.45) is 12.8 Å². The largest absolute Gasteiger partial charge is 0.362 e. The summed E-state index contributed by atoms with van der Waals surface area (Å²) in [4.78, 5) is 23.3. The zero-order valence-electron chi connectivity index (χ0n) is 18.8. The first-order valence-electron chi connectivity index (χ1n) is 11.1. The standard InChI is InChI=1S/C23H26ClN7O2S/c1-30-19-5-2-14(12-33-13-26-10-21(32)31-7-6-16(25)11-31)8-18(19)27-22(30)29-23-28-17-4-3-15(24)9-20(17)34-23/h2-5,8-9,16,26H,6-7,10-13,25H2,1H3,(H,27,28,29). The van der Waals surface area contributed by atoms with Crippen LogP contribution in [0.15, 0.2) is 36.4 Å². The van der Waals surface area contributed by atoms with Gasteiger partial charge in [-0.25, -0.2) is 9.97 Å². The summed E-state index contributed by atoms with van der Waals surface area (Å²) in [5.74, 6) is 0.766. The average molecular weight is 500 g/mol. The smallest absolute Gasteiger partial charge is 0.236 e. The number of nitrogens with one attached hydrogen (secondary N) is 2. The highest BCUT2D eigenvalue weighted by atomic mass is 35.5. The maximum absolute atomic E-state index is 12.1. The molecule has 4 aromatic rings. The Morgan fingerprint density at radius 3 is 2.97 bits per heavy atom. The number of imidazole rings is 1. The fraction of sp³-hybridized carbons (Fsp3) is 0.348. The van der Waals surface area contributed by atoms with Gasteiger partial charge in [-0.05, 0) is 42.3 Å². The van der Waals surface area contributed by atoms with E-state index < -0.39 is 0 Å². The van der Waals surface area contributed by atoms with E-state index in [0.717, 1.165) is 44.9 Å². The number of thiazole rings is 1. The molecule has 1 aliphatic rings. The number of amides is 1. The summed E-state index contributed by atoms with van der Waals surface area (Å²) in [6, 6.07) is 11.8. The van der Waals surface area contributed by atoms with E-state index in [1.54, 1.807) is 4.90 Å². The van der Waals surface area contributed by atoms with E-state index in [2.05, 4.69) is 15.6 Å². The van der Waals surface area contributed by atoms with E-state index in [1.807, 2.05) is 48.0 Å². The van der Waals surface area contributed by atoms with Crippen LogP contribution in [0.4, 0.5) is 11.1 Å². The number of anilines is 2. The normalized spacial score (nSPS) is 16.1. The molecular weight excluding hydrogens is 474 g/mol. The van der Waals surface area contributed by atoms with E-state index in [0.29, 0.717) is 30.9 Å². The lowest BCUT2D eigenvalue weighted by atomic mass is 10.2. The molecule has 9 nitrogen and oxygen atoms in total. The lowest BCUT2D eigenvalue weighted by Crippen LogP contribution is -2.38. The van der Waals surface area contributed by atoms with E-state index in [-0.39, 0.29) is 18.5 Å². The van der Waals surface area contributed by atoms with Gasteiger partial charge in [-0.15, -0.1) is 0 Å². The molecule has 0 bridgehead atoms. The number of likely N-dealkylation sites (tertiary alicyclic amines) is 1. The van der Waals surface area contributed by atoms with Crippen molar-refractivity contribution in [3.63, 3.8) is 0 Å². The quantitative estimate of drug-likeness (QED) is 0.252. The van der Waals surface area contributed by atoms with Crippen LogP contribution in [0.3, 0.4) is 0 Å². The maximum Gasteiger partial charge on any atom is 0.236 e. The third kappa shape index (κ3) is 5.01. The van der Waals surface area contributed by atoms with Crippen molar-refractivity contribution in [2.45, 2.75) is 19.1 Å². The van der Waals surface area contributed by atoms with Crippen molar-refractivity contribution in [2.75, 3.05) is 31.7 Å². The summed E-state index contributed by atoms with van der Waals surface area (Å²) < 4.78 is 8.72. The van der Waals surface area contributed by atoms with E-state index in [4.69, 9.17) is 27.1 Å². The van der Waals surface area contributed by atoms with Gasteiger partial charge in [-0.1, -0.05) is 29.0 Å². The number of ether oxygens (including phenoxy) is 1. The summed E-state index contributed by atoms with van der Waals surface area (Å²) >= 11 is 7.62. The Morgan fingerprint density at radius 2 is 2.15 bits per heavy atom. The molecule has 2 aromatic carbocycles. The summed E-state index contributed by atoms with van der Waals surface area (Å²) in [5.41, 5.74) is 9.63. The van der Waals surface area contributed by atoms with Crippen LogP contribution in [0.1, 0.15) is 12.0 Å². The number of nitrogens with zero attached hydrogens (tertiary/aromatic N) is 4. The van der Waals surface area contributed by atoms with E-state index in [1.165, 1.54) is 11.3 Å². The number of aromatic nitrogens is 3. The topological polar surface area (TPSA) is 110 Å². The van der Waals surface area contributed by atoms with Crippen LogP contribution in [0, 0.1) is 0 Å². The van der Waals surface area contributed by atoms with Crippen LogP contribution in [-0.2, 0) is 23.2 Å². The molecule has 0 saturated carbocycles. The SMILES string of the molecule is Cn1c(Nc2nc3ccc(Cl)cc3s2)nc2cc(COCNCC(=O)N3CCC(N)C3)ccc21. The summed E-state index contributed by atoms with van der Waals surface area (Å²) in [7, 11) is 1.96. The number of carbonyl (C=O) groups is 1. The van der Waals surface area contributed by atoms with Gasteiger partial charge in [0, 0.05) is 31.2 Å². The molecule has 34 heavy (non-hydrogen) atoms. The Labute approximate surface area is 205 Å². The number of aryl methyl sites for hydroxylation is 1. The van der Waals surface area contributed by atoms with Crippen molar-refractivity contribution >= 4 is 61.2 Å². The molecular formula is C23H26ClN7O2S. The number of fused-ring (bicyclic) bond motifs is 2. The minimum Gasteiger partial charge on any atom is -0.362 e. The van der Waals surface area contributed by atoms with Gasteiger partial charge in [0.25, 0.3) is 0 Å². The monoisotopic (exact) mass is 499 g/mol. The highest BCUT2D eigenvalue weighted by molar-refractivity contribution is 7.22. The van der Waals surface area contributed by atoms with Crippen LogP contribution in [0.5, 0.6) is 0 Å². The fourth-order valence-corrected chi connectivity index (χ4v) is 5.15. The molecule has 0 aliphatic carbocycles. The van der Waals surface area contributed by atoms with Crippen molar-refractivity contribution in [3.05, 3.63) is 47.0 Å². The molecule has 11 heteroatoms. The number of nitrogens with two attached hydrogens (primary N) is 1. The van der Waals surface area contributed by atoms with Crippen LogP contribution < -0.4 is 16.4 Å². The number of halogens is 1. The second-order valence-corrected chi connectivity index (χ2v) is 9.85. The predicted octanol–water partition coefficient (Wildman–Crippen LogP) is 3.20. The van der Waals surface area contributed by atoms with E-state index in [9.17, 15) is 4.79 Å². The molecule has 3 heterocycles. The van der Waals surface area contributed by atoms with Gasteiger partial charge < -0.3 is 25.3 Å². The molecule has 178 valence electrons. The van der Waals surface area contributed by atoms with Gasteiger partial charge in [0.1, 0.15) is 0 Å². The first kappa shape index (κ1) is 23.0. The highest BCUT2D eigenvalue weighted by Gasteiger charge is 2.22. The lowest BCUT2D eigenvalue weighted by Gasteiger charge is -2.16. The average Bonchev–Trinajstić information content (AvgIpc) is 3.50. The van der Waals surface area contributed by atoms with Crippen molar-refractivity contribution in [1.82, 2.24) is 24.8 Å². The van der Waals surface area contributed by atoms with Gasteiger partial charge >= 0.3 is 0 Å². The number of benzene rings is 2. The van der Waals surface area contributed by atoms with Crippen LogP contribution in [0.25, 0.3) is 21.3 Å². The zero-order chi connectivity index (χ0) is 23.7. The Hall–Kier alpha value is -2.76. The zero-order valence-corrected chi connectivity index (χ0v) is 20.3. The molecule has 1 unspecified atom stereocenters. The Kier molecular flexibility index (Phi) is 6.66. The second kappa shape index (κ2) is 9.85. The highest BCUT2D eigenvalue weighted by Crippen LogP contribution is 2.31. The van der Waals surface area contributed by atoms with E-state index >= 15 is 0 Å². The molecule has 2 aromatic heterocycles. The van der Waals surface area contributed by atoms with Crippen molar-refractivity contribution < 1.29 is 9.53 Å². The van der Waals surface area contributed by atoms with Crippen LogP contribution in [0.2, 0.25) is 5.02 Å². The first-order chi connectivity index (χ1) is 16.5. The number of carbonyl (C=O) groups excluding carboxylic acids is 1. The number of hydrogen-bond donors (Lipinski definition) is 3. The molecule has 0 radical (unpaired) electrons. The second-order valence-electron chi connectivity index (χ2n) is 8.38. The minimum atomic E-state index is 0.0581. The lowest BCUT2D eigenvalue weighted by molar-refractivity contribution is -0.129. The van der Waals surface area contributed by atoms with Gasteiger partial charge in [0.15, 0.2) is 5.13 Å². The molecule has 1 fully saturated rings. The Morgan fingerprint density at radius 1 is 1.26 bits per heavy atom. The number of rotatable bonds is 8. The first-order valence-corrected chi connectivity index (χ1v) is 12.3. The van der Waals surface area contributed by atoms with Gasteiger partial charge in [0.2, 0.25) is 11.9 Å². The molecule has 1 aliphatic heterocycles. The molecule has 0 spiro atoms. The van der Waals surface area contributed by atoms with Crippen LogP contribution in [-0.4, -0.2) is 57.7 Å². The van der Waals surface area contributed by atoms with Crippen molar-refractivity contribution in [3.8, 4) is 0 Å². The predicted molar refractivity (Wildman–Crippen MR) is 135 cm³/mol. The summed E-state index contributed by atoms with van der Waals surface area (Å²) in [6.07, 6.45) is 0.866. The van der Waals surface area contributed by atoms with Crippen molar-refractivity contribution in [1.29, 1.82) is 0 Å². The molecule has 4 N–H and O–H groups in total. The molecule has 1 atom stereocenters. The Bertz CT molecular complexity index is 1340. The molecule has 1 amide bonds. The Balaban J connectivity index is 1.17. The third-order valence-electron chi connectivity index (χ3n) is 5.84. The molecule has 1 saturated heterocycles. The maximum atomic E-state index is 12.1. The molecule has 5 rings (SSSR count). The number of hydrogen-bond acceptors (Lipinski definition) is 8. The van der Waals surface area contributed by atoms with Crippen LogP contribution >= 0.6 is 22.9 Å². The van der Waals surface area contributed by atoms with Gasteiger partial charge in [-0.3, -0.25) is 10.1 Å². The third-order valence-corrected chi connectivity index (χ3v) is 7.01. The summed E-state index contributed by atoms with van der Waals surface area (Å²) in [5, 5.41) is 7.81. The summed E-state index contributed by atoms with van der Waals surface area (Å²) in [6.45, 7) is 2.33. The van der Waals surface area contributed by atoms with Gasteiger partial charge in [-0.2, -0.15) is 0 Å². The minimum absolute atomic E-state index is 0.0581. The fourth-order valence-electron chi connectivity index (χ4n) is 4.02.